The van der Waals surface area contributed by atoms with Crippen molar-refractivity contribution in [1.29, 1.82) is 0 Å². The second-order valence-corrected chi connectivity index (χ2v) is 8.17. The minimum absolute atomic E-state index is 0.0778. The fourth-order valence-corrected chi connectivity index (χ4v) is 4.97. The molecular formula is C21H21N2O8. The highest BCUT2D eigenvalue weighted by Crippen LogP contribution is 2.53. The first-order valence-corrected chi connectivity index (χ1v) is 9.44. The minimum Gasteiger partial charge on any atom is -0.508 e. The lowest BCUT2D eigenvalue weighted by Crippen LogP contribution is -2.70. The number of fused-ring (bicyclic) bond motifs is 3. The van der Waals surface area contributed by atoms with Gasteiger partial charge in [0, 0.05) is 17.9 Å². The van der Waals surface area contributed by atoms with Gasteiger partial charge in [-0.25, -0.2) is 0 Å². The zero-order chi connectivity index (χ0) is 23.0. The van der Waals surface area contributed by atoms with Gasteiger partial charge < -0.3 is 31.3 Å². The zero-order valence-corrected chi connectivity index (χ0v) is 16.6. The molecule has 1 saturated carbocycles. The van der Waals surface area contributed by atoms with Crippen molar-refractivity contribution in [1.82, 2.24) is 4.90 Å². The molecule has 10 nitrogen and oxygen atoms in total. The van der Waals surface area contributed by atoms with Crippen molar-refractivity contribution in [2.24, 2.45) is 17.6 Å². The fraction of sp³-hybridized carbons (Fsp3) is 0.333. The lowest BCUT2D eigenvalue weighted by atomic mass is 9.56. The van der Waals surface area contributed by atoms with E-state index in [0.717, 1.165) is 0 Å². The molecule has 1 aromatic rings. The summed E-state index contributed by atoms with van der Waals surface area (Å²) in [4.78, 5) is 39.6. The molecule has 1 amide bonds. The molecule has 0 unspecified atom stereocenters. The Labute approximate surface area is 176 Å². The number of aliphatic hydroxyl groups is 4. The molecule has 0 heterocycles. The molecule has 0 aliphatic heterocycles. The van der Waals surface area contributed by atoms with Crippen LogP contribution in [0.15, 0.2) is 35.1 Å². The second-order valence-electron chi connectivity index (χ2n) is 8.17. The highest BCUT2D eigenvalue weighted by atomic mass is 16.4. The number of ketones is 2. The van der Waals surface area contributed by atoms with Crippen molar-refractivity contribution in [3.8, 4) is 5.75 Å². The Hall–Kier alpha value is -3.21. The van der Waals surface area contributed by atoms with Crippen molar-refractivity contribution in [3.63, 3.8) is 0 Å². The summed E-state index contributed by atoms with van der Waals surface area (Å²) in [5, 5.41) is 54.2. The number of aliphatic hydroxyl groups excluding tert-OH is 3. The highest BCUT2D eigenvalue weighted by molar-refractivity contribution is 6.24. The Morgan fingerprint density at radius 3 is 2.39 bits per heavy atom. The van der Waals surface area contributed by atoms with Gasteiger partial charge in [-0.1, -0.05) is 12.1 Å². The van der Waals surface area contributed by atoms with E-state index in [4.69, 9.17) is 5.73 Å². The minimum atomic E-state index is -2.90. The zero-order valence-electron chi connectivity index (χ0n) is 16.6. The SMILES string of the molecule is CN(C)[C@H]1C(=O)C(C(N)=O)=C(O)[C@]2(O)C(=O)C3=C(O)c4c(O)cccc4[CH][C@@H]3[C@@H](O)[C@H]12. The highest BCUT2D eigenvalue weighted by Gasteiger charge is 2.67. The van der Waals surface area contributed by atoms with Gasteiger partial charge in [0.25, 0.3) is 5.91 Å². The first-order valence-electron chi connectivity index (χ1n) is 9.44. The van der Waals surface area contributed by atoms with Crippen LogP contribution in [0.5, 0.6) is 5.75 Å². The number of hydrogen-bond acceptors (Lipinski definition) is 9. The second kappa shape index (κ2) is 6.64. The number of carbonyl (C=O) groups excluding carboxylic acids is 3. The van der Waals surface area contributed by atoms with Gasteiger partial charge in [-0.05, 0) is 25.7 Å². The summed E-state index contributed by atoms with van der Waals surface area (Å²) in [7, 11) is 2.89. The molecule has 0 saturated heterocycles. The normalized spacial score (nSPS) is 32.7. The third-order valence-electron chi connectivity index (χ3n) is 6.32. The molecule has 1 aromatic carbocycles. The molecule has 0 spiro atoms. The molecule has 7 N–H and O–H groups in total. The number of aromatic hydroxyl groups is 1. The van der Waals surface area contributed by atoms with E-state index in [1.54, 1.807) is 6.07 Å². The van der Waals surface area contributed by atoms with E-state index in [-0.39, 0.29) is 11.3 Å². The fourth-order valence-electron chi connectivity index (χ4n) is 4.97. The topological polar surface area (TPSA) is 182 Å². The largest absolute Gasteiger partial charge is 0.508 e. The van der Waals surface area contributed by atoms with E-state index in [0.29, 0.717) is 5.56 Å². The van der Waals surface area contributed by atoms with Crippen molar-refractivity contribution < 1.29 is 39.9 Å². The molecule has 5 atom stereocenters. The lowest BCUT2D eigenvalue weighted by molar-refractivity contribution is -0.167. The van der Waals surface area contributed by atoms with Crippen LogP contribution in [0.4, 0.5) is 0 Å². The van der Waals surface area contributed by atoms with Crippen molar-refractivity contribution in [2.75, 3.05) is 14.1 Å². The summed E-state index contributed by atoms with van der Waals surface area (Å²) >= 11 is 0. The Kier molecular flexibility index (Phi) is 4.51. The molecule has 4 rings (SSSR count). The Balaban J connectivity index is 2.03. The van der Waals surface area contributed by atoms with E-state index in [1.807, 2.05) is 0 Å². The Morgan fingerprint density at radius 1 is 1.16 bits per heavy atom. The number of nitrogens with two attached hydrogens (primary N) is 1. The van der Waals surface area contributed by atoms with E-state index >= 15 is 0 Å². The third-order valence-corrected chi connectivity index (χ3v) is 6.32. The number of Topliss-reactive ketones (excluding diaryl/α,β-unsaturated/α-hetero) is 2. The monoisotopic (exact) mass is 429 g/mol. The molecular weight excluding hydrogens is 408 g/mol. The Bertz CT molecular complexity index is 1100. The predicted octanol–water partition coefficient (Wildman–Crippen LogP) is -1.06. The van der Waals surface area contributed by atoms with Gasteiger partial charge in [0.15, 0.2) is 11.4 Å². The van der Waals surface area contributed by atoms with Gasteiger partial charge in [-0.3, -0.25) is 19.3 Å². The lowest BCUT2D eigenvalue weighted by Gasteiger charge is -2.52. The molecule has 3 aliphatic rings. The Morgan fingerprint density at radius 2 is 1.81 bits per heavy atom. The molecule has 31 heavy (non-hydrogen) atoms. The number of amides is 1. The molecule has 0 bridgehead atoms. The average Bonchev–Trinajstić information content (AvgIpc) is 2.67. The van der Waals surface area contributed by atoms with Gasteiger partial charge in [0.05, 0.1) is 23.6 Å². The molecule has 1 radical (unpaired) electrons. The number of rotatable bonds is 2. The number of nitrogens with zero attached hydrogens (tertiary/aromatic N) is 1. The maximum absolute atomic E-state index is 13.5. The van der Waals surface area contributed by atoms with E-state index in [1.165, 1.54) is 37.5 Å². The van der Waals surface area contributed by atoms with Gasteiger partial charge in [-0.15, -0.1) is 0 Å². The number of benzene rings is 1. The summed E-state index contributed by atoms with van der Waals surface area (Å²) in [6.45, 7) is 0. The smallest absolute Gasteiger partial charge is 0.255 e. The van der Waals surface area contributed by atoms with Crippen LogP contribution >= 0.6 is 0 Å². The van der Waals surface area contributed by atoms with Crippen LogP contribution in [0.2, 0.25) is 0 Å². The number of carbonyl (C=O) groups is 3. The number of hydrogen-bond donors (Lipinski definition) is 6. The van der Waals surface area contributed by atoms with Gasteiger partial charge >= 0.3 is 0 Å². The van der Waals surface area contributed by atoms with Gasteiger partial charge in [0.1, 0.15) is 22.8 Å². The summed E-state index contributed by atoms with van der Waals surface area (Å²) in [6, 6.07) is 2.98. The van der Waals surface area contributed by atoms with E-state index < -0.39 is 69.7 Å². The standard InChI is InChI=1S/C21H21N2O8/c1-23(2)14-13-15(25)8-6-7-4-3-5-9(24)10(7)16(26)11(8)18(28)21(13,31)19(29)12(17(14)27)20(22)30/h3-6,8,13-15,24-26,29,31H,1-2H3,(H2,22,30)/t8-,13-,14+,15+,21+/m0/s1. The first-order chi connectivity index (χ1) is 14.4. The van der Waals surface area contributed by atoms with Crippen LogP contribution in [0.3, 0.4) is 0 Å². The van der Waals surface area contributed by atoms with Crippen LogP contribution in [-0.4, -0.2) is 79.7 Å². The van der Waals surface area contributed by atoms with E-state index in [9.17, 15) is 39.9 Å². The van der Waals surface area contributed by atoms with Crippen LogP contribution in [0.25, 0.3) is 5.76 Å². The predicted molar refractivity (Wildman–Crippen MR) is 105 cm³/mol. The summed E-state index contributed by atoms with van der Waals surface area (Å²) < 4.78 is 0. The molecule has 10 heteroatoms. The summed E-state index contributed by atoms with van der Waals surface area (Å²) in [5.74, 6) is -8.49. The number of primary amides is 1. The van der Waals surface area contributed by atoms with Crippen LogP contribution < -0.4 is 5.73 Å². The average molecular weight is 429 g/mol. The summed E-state index contributed by atoms with van der Waals surface area (Å²) in [5.41, 5.74) is 1.19. The molecule has 1 fully saturated rings. The number of likely N-dealkylation sites (N-methyl/N-ethyl adjacent to an activating group) is 1. The van der Waals surface area contributed by atoms with Crippen molar-refractivity contribution in [3.05, 3.63) is 52.7 Å². The third kappa shape index (κ3) is 2.52. The molecule has 0 aromatic heterocycles. The number of phenolic OH excluding ortho intramolecular Hbond substituents is 1. The maximum Gasteiger partial charge on any atom is 0.255 e. The van der Waals surface area contributed by atoms with Crippen molar-refractivity contribution in [2.45, 2.75) is 17.7 Å². The number of phenols is 1. The van der Waals surface area contributed by atoms with Gasteiger partial charge in [-0.2, -0.15) is 0 Å². The quantitative estimate of drug-likeness (QED) is 0.319. The van der Waals surface area contributed by atoms with Crippen molar-refractivity contribution >= 4 is 23.2 Å². The molecule has 163 valence electrons. The van der Waals surface area contributed by atoms with Gasteiger partial charge in [0.2, 0.25) is 5.78 Å². The van der Waals surface area contributed by atoms with Crippen LogP contribution in [0.1, 0.15) is 11.1 Å². The first kappa shape index (κ1) is 21.0. The van der Waals surface area contributed by atoms with Crippen LogP contribution in [0, 0.1) is 18.3 Å². The summed E-state index contributed by atoms with van der Waals surface area (Å²) in [6.07, 6.45) is -0.184. The van der Waals surface area contributed by atoms with E-state index in [2.05, 4.69) is 0 Å². The van der Waals surface area contributed by atoms with Crippen LogP contribution in [-0.2, 0) is 14.4 Å². The molecule has 3 aliphatic carbocycles. The maximum atomic E-state index is 13.5.